The van der Waals surface area contributed by atoms with Gasteiger partial charge < -0.3 is 19.4 Å². The standard InChI is InChI=1S/C15H24N2O3/c1-13(18)17-8-5-14(6-9-17)16-7-3-10-19-12-15-4-2-11-20-15/h2,4,11,14,16H,3,5-10,12H2,1H3. The molecule has 0 atom stereocenters. The summed E-state index contributed by atoms with van der Waals surface area (Å²) in [5, 5.41) is 3.53. The Kier molecular flexibility index (Phi) is 6.08. The fourth-order valence-electron chi connectivity index (χ4n) is 2.45. The van der Waals surface area contributed by atoms with Crippen LogP contribution in [0.1, 0.15) is 31.9 Å². The number of likely N-dealkylation sites (tertiary alicyclic amines) is 1. The van der Waals surface area contributed by atoms with E-state index in [-0.39, 0.29) is 5.91 Å². The molecular weight excluding hydrogens is 256 g/mol. The maximum Gasteiger partial charge on any atom is 0.219 e. The molecule has 0 aliphatic carbocycles. The number of hydrogen-bond donors (Lipinski definition) is 1. The van der Waals surface area contributed by atoms with E-state index in [4.69, 9.17) is 9.15 Å². The molecule has 0 spiro atoms. The molecule has 1 aromatic rings. The zero-order valence-corrected chi connectivity index (χ0v) is 12.1. The molecule has 20 heavy (non-hydrogen) atoms. The van der Waals surface area contributed by atoms with Gasteiger partial charge in [0.25, 0.3) is 0 Å². The summed E-state index contributed by atoms with van der Waals surface area (Å²) in [5.41, 5.74) is 0. The predicted molar refractivity (Wildman–Crippen MR) is 76.3 cm³/mol. The lowest BCUT2D eigenvalue weighted by molar-refractivity contribution is -0.129. The molecule has 2 heterocycles. The summed E-state index contributed by atoms with van der Waals surface area (Å²) in [6.45, 7) is 5.64. The number of furan rings is 1. The number of nitrogens with one attached hydrogen (secondary N) is 1. The van der Waals surface area contributed by atoms with Gasteiger partial charge in [-0.3, -0.25) is 4.79 Å². The lowest BCUT2D eigenvalue weighted by atomic mass is 10.1. The predicted octanol–water partition coefficient (Wildman–Crippen LogP) is 1.79. The Morgan fingerprint density at radius 3 is 2.95 bits per heavy atom. The molecule has 112 valence electrons. The molecule has 1 aromatic heterocycles. The van der Waals surface area contributed by atoms with Crippen molar-refractivity contribution in [2.45, 2.75) is 38.8 Å². The first-order chi connectivity index (χ1) is 9.75. The molecular formula is C15H24N2O3. The zero-order chi connectivity index (χ0) is 14.2. The average Bonchev–Trinajstić information content (AvgIpc) is 2.96. The Hall–Kier alpha value is -1.33. The van der Waals surface area contributed by atoms with Crippen LogP contribution in [0.5, 0.6) is 0 Å². The highest BCUT2D eigenvalue weighted by Gasteiger charge is 2.19. The van der Waals surface area contributed by atoms with Gasteiger partial charge in [0.05, 0.1) is 6.26 Å². The first-order valence-corrected chi connectivity index (χ1v) is 7.34. The van der Waals surface area contributed by atoms with E-state index in [0.717, 1.165) is 51.3 Å². The van der Waals surface area contributed by atoms with Crippen LogP contribution in [0, 0.1) is 0 Å². The summed E-state index contributed by atoms with van der Waals surface area (Å²) < 4.78 is 10.7. The van der Waals surface area contributed by atoms with Crippen LogP contribution in [0.25, 0.3) is 0 Å². The number of carbonyl (C=O) groups is 1. The van der Waals surface area contributed by atoms with Gasteiger partial charge in [-0.1, -0.05) is 0 Å². The number of rotatable bonds is 7. The van der Waals surface area contributed by atoms with Crippen LogP contribution < -0.4 is 5.32 Å². The summed E-state index contributed by atoms with van der Waals surface area (Å²) in [4.78, 5) is 13.1. The van der Waals surface area contributed by atoms with Crippen LogP contribution in [0.15, 0.2) is 22.8 Å². The molecule has 2 rings (SSSR count). The van der Waals surface area contributed by atoms with Crippen molar-refractivity contribution in [3.63, 3.8) is 0 Å². The van der Waals surface area contributed by atoms with Gasteiger partial charge in [0, 0.05) is 32.7 Å². The minimum atomic E-state index is 0.190. The molecule has 1 amide bonds. The van der Waals surface area contributed by atoms with Gasteiger partial charge in [0.2, 0.25) is 5.91 Å². The van der Waals surface area contributed by atoms with Crippen LogP contribution in [0.3, 0.4) is 0 Å². The lowest BCUT2D eigenvalue weighted by Gasteiger charge is -2.31. The molecule has 0 bridgehead atoms. The van der Waals surface area contributed by atoms with Crippen LogP contribution in [0.4, 0.5) is 0 Å². The van der Waals surface area contributed by atoms with Crippen molar-refractivity contribution in [2.24, 2.45) is 0 Å². The van der Waals surface area contributed by atoms with Crippen LogP contribution in [-0.2, 0) is 16.1 Å². The molecule has 5 heteroatoms. The number of nitrogens with zero attached hydrogens (tertiary/aromatic N) is 1. The Bertz CT molecular complexity index is 384. The fraction of sp³-hybridized carbons (Fsp3) is 0.667. The molecule has 0 unspecified atom stereocenters. The molecule has 5 nitrogen and oxygen atoms in total. The van der Waals surface area contributed by atoms with Gasteiger partial charge in [-0.05, 0) is 37.9 Å². The first-order valence-electron chi connectivity index (χ1n) is 7.34. The number of amides is 1. The topological polar surface area (TPSA) is 54.7 Å². The summed E-state index contributed by atoms with van der Waals surface area (Å²) in [6, 6.07) is 4.32. The summed E-state index contributed by atoms with van der Waals surface area (Å²) in [5.74, 6) is 1.06. The number of hydrogen-bond acceptors (Lipinski definition) is 4. The Morgan fingerprint density at radius 2 is 2.30 bits per heavy atom. The molecule has 1 fully saturated rings. The molecule has 1 aliphatic heterocycles. The molecule has 0 radical (unpaired) electrons. The van der Waals surface area contributed by atoms with Crippen molar-refractivity contribution in [3.8, 4) is 0 Å². The van der Waals surface area contributed by atoms with E-state index >= 15 is 0 Å². The second-order valence-corrected chi connectivity index (χ2v) is 5.22. The van der Waals surface area contributed by atoms with E-state index in [9.17, 15) is 4.79 Å². The molecule has 0 saturated carbocycles. The highest BCUT2D eigenvalue weighted by Crippen LogP contribution is 2.10. The Morgan fingerprint density at radius 1 is 1.50 bits per heavy atom. The van der Waals surface area contributed by atoms with E-state index < -0.39 is 0 Å². The van der Waals surface area contributed by atoms with Crippen molar-refractivity contribution >= 4 is 5.91 Å². The van der Waals surface area contributed by atoms with E-state index in [1.807, 2.05) is 17.0 Å². The van der Waals surface area contributed by atoms with Crippen molar-refractivity contribution in [1.29, 1.82) is 0 Å². The van der Waals surface area contributed by atoms with Gasteiger partial charge in [-0.25, -0.2) is 0 Å². The maximum absolute atomic E-state index is 11.2. The van der Waals surface area contributed by atoms with Gasteiger partial charge in [0.15, 0.2) is 0 Å². The summed E-state index contributed by atoms with van der Waals surface area (Å²) in [7, 11) is 0. The van der Waals surface area contributed by atoms with Crippen molar-refractivity contribution < 1.29 is 13.9 Å². The number of carbonyl (C=O) groups excluding carboxylic acids is 1. The maximum atomic E-state index is 11.2. The minimum Gasteiger partial charge on any atom is -0.467 e. The third kappa shape index (κ3) is 4.98. The van der Waals surface area contributed by atoms with Crippen molar-refractivity contribution in [3.05, 3.63) is 24.2 Å². The normalized spacial score (nSPS) is 16.6. The third-order valence-electron chi connectivity index (χ3n) is 3.66. The fourth-order valence-corrected chi connectivity index (χ4v) is 2.45. The van der Waals surface area contributed by atoms with Crippen LogP contribution in [0.2, 0.25) is 0 Å². The summed E-state index contributed by atoms with van der Waals surface area (Å²) in [6.07, 6.45) is 4.75. The lowest BCUT2D eigenvalue weighted by Crippen LogP contribution is -2.44. The molecule has 1 aliphatic rings. The van der Waals surface area contributed by atoms with Crippen molar-refractivity contribution in [2.75, 3.05) is 26.2 Å². The van der Waals surface area contributed by atoms with Gasteiger partial charge in [-0.15, -0.1) is 0 Å². The first kappa shape index (κ1) is 15.1. The van der Waals surface area contributed by atoms with Gasteiger partial charge in [-0.2, -0.15) is 0 Å². The van der Waals surface area contributed by atoms with Gasteiger partial charge >= 0.3 is 0 Å². The zero-order valence-electron chi connectivity index (χ0n) is 12.1. The third-order valence-corrected chi connectivity index (χ3v) is 3.66. The summed E-state index contributed by atoms with van der Waals surface area (Å²) >= 11 is 0. The Labute approximate surface area is 120 Å². The van der Waals surface area contributed by atoms with Crippen LogP contribution >= 0.6 is 0 Å². The van der Waals surface area contributed by atoms with E-state index in [2.05, 4.69) is 5.32 Å². The van der Waals surface area contributed by atoms with E-state index in [1.165, 1.54) is 0 Å². The highest BCUT2D eigenvalue weighted by atomic mass is 16.5. The monoisotopic (exact) mass is 280 g/mol. The minimum absolute atomic E-state index is 0.190. The second kappa shape index (κ2) is 8.07. The second-order valence-electron chi connectivity index (χ2n) is 5.22. The highest BCUT2D eigenvalue weighted by molar-refractivity contribution is 5.73. The molecule has 1 N–H and O–H groups in total. The quantitative estimate of drug-likeness (QED) is 0.774. The van der Waals surface area contributed by atoms with Gasteiger partial charge in [0.1, 0.15) is 12.4 Å². The average molecular weight is 280 g/mol. The Balaban J connectivity index is 1.46. The van der Waals surface area contributed by atoms with E-state index in [0.29, 0.717) is 12.6 Å². The molecule has 1 saturated heterocycles. The molecule has 0 aromatic carbocycles. The SMILES string of the molecule is CC(=O)N1CCC(NCCCOCc2ccco2)CC1. The van der Waals surface area contributed by atoms with E-state index in [1.54, 1.807) is 13.2 Å². The largest absolute Gasteiger partial charge is 0.467 e. The van der Waals surface area contributed by atoms with Crippen LogP contribution in [-0.4, -0.2) is 43.1 Å². The number of piperidine rings is 1. The van der Waals surface area contributed by atoms with Crippen molar-refractivity contribution in [1.82, 2.24) is 10.2 Å². The number of ether oxygens (including phenoxy) is 1. The smallest absolute Gasteiger partial charge is 0.219 e.